The molecule has 0 fully saturated rings. The van der Waals surface area contributed by atoms with Crippen LogP contribution < -0.4 is 10.1 Å². The third-order valence-electron chi connectivity index (χ3n) is 3.21. The summed E-state index contributed by atoms with van der Waals surface area (Å²) >= 11 is 0. The Kier molecular flexibility index (Phi) is 6.99. The highest BCUT2D eigenvalue weighted by atomic mass is 16.6. The fourth-order valence-corrected chi connectivity index (χ4v) is 2.02. The Hall–Kier alpha value is -1.78. The molecule has 118 valence electrons. The summed E-state index contributed by atoms with van der Waals surface area (Å²) in [6.07, 6.45) is 3.04. The van der Waals surface area contributed by atoms with Crippen LogP contribution in [0.3, 0.4) is 0 Å². The topological polar surface area (TPSA) is 64.4 Å². The summed E-state index contributed by atoms with van der Waals surface area (Å²) in [5.74, 6) is 1.01. The van der Waals surface area contributed by atoms with Crippen molar-refractivity contribution in [3.05, 3.63) is 28.3 Å². The molecule has 0 aromatic heterocycles. The second-order valence-electron chi connectivity index (χ2n) is 5.80. The van der Waals surface area contributed by atoms with E-state index < -0.39 is 4.92 Å². The van der Waals surface area contributed by atoms with Crippen molar-refractivity contribution in [2.24, 2.45) is 5.92 Å². The van der Waals surface area contributed by atoms with E-state index in [-0.39, 0.29) is 5.69 Å². The van der Waals surface area contributed by atoms with Gasteiger partial charge in [-0.1, -0.05) is 20.8 Å². The molecule has 0 saturated heterocycles. The smallest absolute Gasteiger partial charge is 0.311 e. The minimum atomic E-state index is -0.406. The van der Waals surface area contributed by atoms with Crippen molar-refractivity contribution >= 4 is 11.4 Å². The zero-order valence-corrected chi connectivity index (χ0v) is 13.4. The van der Waals surface area contributed by atoms with E-state index in [1.165, 1.54) is 6.07 Å². The first-order valence-corrected chi connectivity index (χ1v) is 7.61. The van der Waals surface area contributed by atoms with Gasteiger partial charge in [-0.2, -0.15) is 0 Å². The van der Waals surface area contributed by atoms with Crippen molar-refractivity contribution in [1.29, 1.82) is 0 Å². The second-order valence-corrected chi connectivity index (χ2v) is 5.80. The number of hydrogen-bond acceptors (Lipinski definition) is 4. The molecule has 1 aromatic carbocycles. The van der Waals surface area contributed by atoms with Crippen molar-refractivity contribution in [2.75, 3.05) is 11.9 Å². The predicted molar refractivity (Wildman–Crippen MR) is 86.0 cm³/mol. The number of anilines is 1. The molecular formula is C16H26N2O3. The van der Waals surface area contributed by atoms with Crippen LogP contribution in [0.4, 0.5) is 11.4 Å². The SMILES string of the molecule is CCCOc1cc(NC(C)CCC(C)C)ccc1[N+](=O)[O-]. The lowest BCUT2D eigenvalue weighted by molar-refractivity contribution is -0.385. The van der Waals surface area contributed by atoms with Crippen molar-refractivity contribution in [3.63, 3.8) is 0 Å². The highest BCUT2D eigenvalue weighted by Crippen LogP contribution is 2.30. The van der Waals surface area contributed by atoms with E-state index in [4.69, 9.17) is 4.74 Å². The Labute approximate surface area is 126 Å². The second kappa shape index (κ2) is 8.49. The quantitative estimate of drug-likeness (QED) is 0.533. The van der Waals surface area contributed by atoms with E-state index in [1.54, 1.807) is 12.1 Å². The Morgan fingerprint density at radius 1 is 1.29 bits per heavy atom. The lowest BCUT2D eigenvalue weighted by Crippen LogP contribution is -2.16. The Morgan fingerprint density at radius 3 is 2.57 bits per heavy atom. The molecule has 0 radical (unpaired) electrons. The molecule has 0 heterocycles. The molecule has 1 aromatic rings. The molecule has 1 N–H and O–H groups in total. The molecule has 0 bridgehead atoms. The van der Waals surface area contributed by atoms with E-state index in [9.17, 15) is 10.1 Å². The Balaban J connectivity index is 2.76. The lowest BCUT2D eigenvalue weighted by atomic mass is 10.0. The van der Waals surface area contributed by atoms with Gasteiger partial charge in [0.1, 0.15) is 0 Å². The average Bonchev–Trinajstić information content (AvgIpc) is 2.42. The molecule has 1 rings (SSSR count). The van der Waals surface area contributed by atoms with E-state index in [1.807, 2.05) is 6.92 Å². The van der Waals surface area contributed by atoms with Gasteiger partial charge in [-0.15, -0.1) is 0 Å². The van der Waals surface area contributed by atoms with Crippen LogP contribution in [-0.2, 0) is 0 Å². The van der Waals surface area contributed by atoms with E-state index in [0.29, 0.717) is 24.3 Å². The average molecular weight is 294 g/mol. The number of ether oxygens (including phenoxy) is 1. The van der Waals surface area contributed by atoms with Gasteiger partial charge in [0.05, 0.1) is 11.5 Å². The molecule has 5 nitrogen and oxygen atoms in total. The van der Waals surface area contributed by atoms with Crippen LogP contribution in [0.25, 0.3) is 0 Å². The molecule has 0 aliphatic heterocycles. The number of nitro groups is 1. The van der Waals surface area contributed by atoms with Crippen LogP contribution in [0.1, 0.15) is 47.0 Å². The van der Waals surface area contributed by atoms with E-state index in [0.717, 1.165) is 24.9 Å². The first-order valence-electron chi connectivity index (χ1n) is 7.61. The van der Waals surface area contributed by atoms with Crippen LogP contribution in [0, 0.1) is 16.0 Å². The van der Waals surface area contributed by atoms with Crippen LogP contribution in [-0.4, -0.2) is 17.6 Å². The molecule has 1 unspecified atom stereocenters. The maximum absolute atomic E-state index is 11.0. The van der Waals surface area contributed by atoms with Gasteiger partial charge in [0.25, 0.3) is 0 Å². The van der Waals surface area contributed by atoms with Gasteiger partial charge in [-0.25, -0.2) is 0 Å². The fourth-order valence-electron chi connectivity index (χ4n) is 2.02. The van der Waals surface area contributed by atoms with Gasteiger partial charge in [0.15, 0.2) is 5.75 Å². The number of benzene rings is 1. The first-order chi connectivity index (χ1) is 9.93. The zero-order chi connectivity index (χ0) is 15.8. The summed E-state index contributed by atoms with van der Waals surface area (Å²) in [6, 6.07) is 5.29. The third kappa shape index (κ3) is 6.02. The van der Waals surface area contributed by atoms with Gasteiger partial charge < -0.3 is 10.1 Å². The first kappa shape index (κ1) is 17.3. The molecule has 21 heavy (non-hydrogen) atoms. The van der Waals surface area contributed by atoms with Crippen molar-refractivity contribution in [3.8, 4) is 5.75 Å². The van der Waals surface area contributed by atoms with E-state index >= 15 is 0 Å². The molecule has 5 heteroatoms. The molecule has 0 aliphatic carbocycles. The number of rotatable bonds is 9. The van der Waals surface area contributed by atoms with Crippen molar-refractivity contribution in [2.45, 2.75) is 53.0 Å². The van der Waals surface area contributed by atoms with Gasteiger partial charge in [0, 0.05) is 23.9 Å². The summed E-state index contributed by atoms with van der Waals surface area (Å²) < 4.78 is 5.49. The molecular weight excluding hydrogens is 268 g/mol. The molecule has 0 aliphatic rings. The van der Waals surface area contributed by atoms with Crippen LogP contribution in [0.2, 0.25) is 0 Å². The van der Waals surface area contributed by atoms with Crippen LogP contribution in [0.15, 0.2) is 18.2 Å². The number of hydrogen-bond donors (Lipinski definition) is 1. The zero-order valence-electron chi connectivity index (χ0n) is 13.4. The van der Waals surface area contributed by atoms with Crippen LogP contribution >= 0.6 is 0 Å². The molecule has 0 amide bonds. The normalized spacial score (nSPS) is 12.2. The number of nitro benzene ring substituents is 1. The fraction of sp³-hybridized carbons (Fsp3) is 0.625. The maximum Gasteiger partial charge on any atom is 0.311 e. The number of nitrogens with one attached hydrogen (secondary N) is 1. The highest BCUT2D eigenvalue weighted by molar-refractivity contribution is 5.58. The summed E-state index contributed by atoms with van der Waals surface area (Å²) in [6.45, 7) is 8.98. The third-order valence-corrected chi connectivity index (χ3v) is 3.21. The minimum Gasteiger partial charge on any atom is -0.487 e. The summed E-state index contributed by atoms with van der Waals surface area (Å²) in [7, 11) is 0. The summed E-state index contributed by atoms with van der Waals surface area (Å²) in [5, 5.41) is 14.4. The molecule has 1 atom stereocenters. The van der Waals surface area contributed by atoms with Crippen molar-refractivity contribution in [1.82, 2.24) is 0 Å². The predicted octanol–water partition coefficient (Wildman–Crippen LogP) is 4.62. The van der Waals surface area contributed by atoms with Gasteiger partial charge in [-0.05, 0) is 38.2 Å². The lowest BCUT2D eigenvalue weighted by Gasteiger charge is -2.17. The van der Waals surface area contributed by atoms with Gasteiger partial charge in [-0.3, -0.25) is 10.1 Å². The molecule has 0 spiro atoms. The largest absolute Gasteiger partial charge is 0.487 e. The summed E-state index contributed by atoms with van der Waals surface area (Å²) in [4.78, 5) is 10.6. The maximum atomic E-state index is 11.0. The standard InChI is InChI=1S/C16H26N2O3/c1-5-10-21-16-11-14(8-9-15(16)18(19)20)17-13(4)7-6-12(2)3/h8-9,11-13,17H,5-7,10H2,1-4H3. The Morgan fingerprint density at radius 2 is 2.00 bits per heavy atom. The van der Waals surface area contributed by atoms with E-state index in [2.05, 4.69) is 26.1 Å². The van der Waals surface area contributed by atoms with Gasteiger partial charge >= 0.3 is 5.69 Å². The monoisotopic (exact) mass is 294 g/mol. The Bertz CT molecular complexity index is 461. The highest BCUT2D eigenvalue weighted by Gasteiger charge is 2.16. The van der Waals surface area contributed by atoms with Crippen LogP contribution in [0.5, 0.6) is 5.75 Å². The number of nitrogens with zero attached hydrogens (tertiary/aromatic N) is 1. The summed E-state index contributed by atoms with van der Waals surface area (Å²) in [5.41, 5.74) is 0.881. The minimum absolute atomic E-state index is 0.0174. The van der Waals surface area contributed by atoms with Crippen molar-refractivity contribution < 1.29 is 9.66 Å². The molecule has 0 saturated carbocycles. The van der Waals surface area contributed by atoms with Gasteiger partial charge in [0.2, 0.25) is 0 Å².